The Labute approximate surface area is 100 Å². The van der Waals surface area contributed by atoms with Crippen molar-refractivity contribution in [1.29, 1.82) is 0 Å². The van der Waals surface area contributed by atoms with Crippen molar-refractivity contribution in [2.45, 2.75) is 25.7 Å². The smallest absolute Gasteiger partial charge is 0.303 e. The summed E-state index contributed by atoms with van der Waals surface area (Å²) >= 11 is 0. The predicted octanol–water partition coefficient (Wildman–Crippen LogP) is 2.52. The molecule has 0 aliphatic rings. The van der Waals surface area contributed by atoms with Crippen LogP contribution in [0.5, 0.6) is 5.75 Å². The number of carbonyl (C=O) groups excluding carboxylic acids is 1. The van der Waals surface area contributed by atoms with Crippen LogP contribution in [0.2, 0.25) is 0 Å². The summed E-state index contributed by atoms with van der Waals surface area (Å²) in [6.45, 7) is 0.569. The Hall–Kier alpha value is -1.84. The standard InChI is InChI=1S/C13H16O4/c14-10-11-5-7-12(8-6-11)17-9-3-1-2-4-13(15)16/h5-8,10H,1-4,9H2,(H,15,16). The first-order chi connectivity index (χ1) is 8.22. The van der Waals surface area contributed by atoms with E-state index in [4.69, 9.17) is 9.84 Å². The fourth-order valence-electron chi connectivity index (χ4n) is 1.39. The molecule has 0 heterocycles. The van der Waals surface area contributed by atoms with Gasteiger partial charge in [0.05, 0.1) is 6.61 Å². The zero-order valence-corrected chi connectivity index (χ0v) is 9.59. The average Bonchev–Trinajstić information content (AvgIpc) is 2.34. The molecule has 0 radical (unpaired) electrons. The third-order valence-electron chi connectivity index (χ3n) is 2.32. The van der Waals surface area contributed by atoms with Gasteiger partial charge >= 0.3 is 5.97 Å². The van der Waals surface area contributed by atoms with E-state index in [9.17, 15) is 9.59 Å². The second-order valence-corrected chi connectivity index (χ2v) is 3.74. The third-order valence-corrected chi connectivity index (χ3v) is 2.32. The minimum Gasteiger partial charge on any atom is -0.494 e. The number of hydrogen-bond acceptors (Lipinski definition) is 3. The summed E-state index contributed by atoms with van der Waals surface area (Å²) in [5, 5.41) is 8.44. The maximum Gasteiger partial charge on any atom is 0.303 e. The minimum absolute atomic E-state index is 0.216. The molecule has 1 N–H and O–H groups in total. The van der Waals surface area contributed by atoms with E-state index in [2.05, 4.69) is 0 Å². The van der Waals surface area contributed by atoms with Crippen LogP contribution in [0.3, 0.4) is 0 Å². The molecule has 0 aliphatic carbocycles. The molecule has 0 saturated heterocycles. The normalized spacial score (nSPS) is 9.88. The van der Waals surface area contributed by atoms with E-state index < -0.39 is 5.97 Å². The molecule has 0 fully saturated rings. The molecule has 4 heteroatoms. The Balaban J connectivity index is 2.13. The summed E-state index contributed by atoms with van der Waals surface area (Å²) in [5.41, 5.74) is 0.624. The first-order valence-corrected chi connectivity index (χ1v) is 5.62. The van der Waals surface area contributed by atoms with E-state index in [1.165, 1.54) is 0 Å². The average molecular weight is 236 g/mol. The van der Waals surface area contributed by atoms with Crippen molar-refractivity contribution in [3.63, 3.8) is 0 Å². The van der Waals surface area contributed by atoms with Gasteiger partial charge in [-0.1, -0.05) is 0 Å². The number of hydrogen-bond donors (Lipinski definition) is 1. The SMILES string of the molecule is O=Cc1ccc(OCCCCCC(=O)O)cc1. The molecule has 1 aromatic carbocycles. The molecular formula is C13H16O4. The van der Waals surface area contributed by atoms with Crippen molar-refractivity contribution >= 4 is 12.3 Å². The zero-order chi connectivity index (χ0) is 12.5. The molecule has 0 spiro atoms. The van der Waals surface area contributed by atoms with Crippen LogP contribution in [0.1, 0.15) is 36.0 Å². The van der Waals surface area contributed by atoms with Gasteiger partial charge in [-0.15, -0.1) is 0 Å². The molecule has 0 bridgehead atoms. The topological polar surface area (TPSA) is 63.6 Å². The van der Waals surface area contributed by atoms with E-state index in [-0.39, 0.29) is 6.42 Å². The molecular weight excluding hydrogens is 220 g/mol. The van der Waals surface area contributed by atoms with Crippen LogP contribution in [-0.4, -0.2) is 24.0 Å². The Morgan fingerprint density at radius 3 is 2.47 bits per heavy atom. The van der Waals surface area contributed by atoms with Crippen LogP contribution < -0.4 is 4.74 Å². The van der Waals surface area contributed by atoms with Gasteiger partial charge in [0, 0.05) is 12.0 Å². The molecule has 0 aliphatic heterocycles. The quantitative estimate of drug-likeness (QED) is 0.556. The van der Waals surface area contributed by atoms with Crippen molar-refractivity contribution in [1.82, 2.24) is 0 Å². The minimum atomic E-state index is -0.754. The summed E-state index contributed by atoms with van der Waals surface area (Å²) in [6.07, 6.45) is 3.37. The van der Waals surface area contributed by atoms with E-state index in [0.29, 0.717) is 18.6 Å². The highest BCUT2D eigenvalue weighted by atomic mass is 16.5. The molecule has 0 aromatic heterocycles. The monoisotopic (exact) mass is 236 g/mol. The van der Waals surface area contributed by atoms with E-state index in [0.717, 1.165) is 24.9 Å². The lowest BCUT2D eigenvalue weighted by atomic mass is 10.2. The molecule has 17 heavy (non-hydrogen) atoms. The maximum atomic E-state index is 10.4. The second kappa shape index (κ2) is 7.44. The molecule has 92 valence electrons. The van der Waals surface area contributed by atoms with Crippen LogP contribution in [0.4, 0.5) is 0 Å². The number of rotatable bonds is 8. The van der Waals surface area contributed by atoms with Gasteiger partial charge in [-0.05, 0) is 43.5 Å². The Bertz CT molecular complexity index is 356. The van der Waals surface area contributed by atoms with Crippen molar-refractivity contribution in [3.05, 3.63) is 29.8 Å². The number of benzene rings is 1. The highest BCUT2D eigenvalue weighted by molar-refractivity contribution is 5.74. The summed E-state index contributed by atoms with van der Waals surface area (Å²) in [6, 6.07) is 6.90. The Kier molecular flexibility index (Phi) is 5.79. The second-order valence-electron chi connectivity index (χ2n) is 3.74. The zero-order valence-electron chi connectivity index (χ0n) is 9.59. The number of aldehydes is 1. The van der Waals surface area contributed by atoms with Gasteiger partial charge < -0.3 is 9.84 Å². The summed E-state index contributed by atoms with van der Waals surface area (Å²) in [7, 11) is 0. The van der Waals surface area contributed by atoms with Gasteiger partial charge in [0.1, 0.15) is 12.0 Å². The first-order valence-electron chi connectivity index (χ1n) is 5.62. The van der Waals surface area contributed by atoms with Gasteiger partial charge in [0.2, 0.25) is 0 Å². The lowest BCUT2D eigenvalue weighted by Gasteiger charge is -2.05. The first kappa shape index (κ1) is 13.2. The number of carboxylic acid groups (broad SMARTS) is 1. The highest BCUT2D eigenvalue weighted by Crippen LogP contribution is 2.12. The number of aliphatic carboxylic acids is 1. The van der Waals surface area contributed by atoms with Crippen molar-refractivity contribution < 1.29 is 19.4 Å². The van der Waals surface area contributed by atoms with E-state index in [1.807, 2.05) is 0 Å². The summed E-state index contributed by atoms with van der Waals surface area (Å²) in [5.74, 6) is -0.0239. The summed E-state index contributed by atoms with van der Waals surface area (Å²) < 4.78 is 5.45. The van der Waals surface area contributed by atoms with Crippen molar-refractivity contribution in [2.75, 3.05) is 6.61 Å². The van der Waals surface area contributed by atoms with Gasteiger partial charge in [0.15, 0.2) is 0 Å². The van der Waals surface area contributed by atoms with Gasteiger partial charge in [-0.25, -0.2) is 0 Å². The van der Waals surface area contributed by atoms with E-state index in [1.54, 1.807) is 24.3 Å². The van der Waals surface area contributed by atoms with Crippen LogP contribution in [0.25, 0.3) is 0 Å². The number of carboxylic acids is 1. The fourth-order valence-corrected chi connectivity index (χ4v) is 1.39. The molecule has 4 nitrogen and oxygen atoms in total. The lowest BCUT2D eigenvalue weighted by molar-refractivity contribution is -0.137. The summed E-state index contributed by atoms with van der Waals surface area (Å²) in [4.78, 5) is 20.7. The molecule has 0 amide bonds. The van der Waals surface area contributed by atoms with Crippen LogP contribution >= 0.6 is 0 Å². The van der Waals surface area contributed by atoms with E-state index >= 15 is 0 Å². The van der Waals surface area contributed by atoms with Crippen LogP contribution in [0.15, 0.2) is 24.3 Å². The third kappa shape index (κ3) is 5.70. The van der Waals surface area contributed by atoms with Crippen LogP contribution in [0, 0.1) is 0 Å². The van der Waals surface area contributed by atoms with Crippen molar-refractivity contribution in [2.24, 2.45) is 0 Å². The largest absolute Gasteiger partial charge is 0.494 e. The Morgan fingerprint density at radius 2 is 1.88 bits per heavy atom. The number of carbonyl (C=O) groups is 2. The predicted molar refractivity (Wildman–Crippen MR) is 63.4 cm³/mol. The van der Waals surface area contributed by atoms with Gasteiger partial charge in [-0.3, -0.25) is 9.59 Å². The Morgan fingerprint density at radius 1 is 1.18 bits per heavy atom. The maximum absolute atomic E-state index is 10.4. The van der Waals surface area contributed by atoms with Crippen LogP contribution in [-0.2, 0) is 4.79 Å². The molecule has 0 unspecified atom stereocenters. The molecule has 1 aromatic rings. The fraction of sp³-hybridized carbons (Fsp3) is 0.385. The van der Waals surface area contributed by atoms with Crippen molar-refractivity contribution in [3.8, 4) is 5.75 Å². The van der Waals surface area contributed by atoms with Gasteiger partial charge in [-0.2, -0.15) is 0 Å². The lowest BCUT2D eigenvalue weighted by Crippen LogP contribution is -1.99. The number of ether oxygens (including phenoxy) is 1. The molecule has 0 atom stereocenters. The van der Waals surface area contributed by atoms with Gasteiger partial charge in [0.25, 0.3) is 0 Å². The molecule has 1 rings (SSSR count). The highest BCUT2D eigenvalue weighted by Gasteiger charge is 1.97. The number of unbranched alkanes of at least 4 members (excludes halogenated alkanes) is 2. The molecule has 0 saturated carbocycles.